The van der Waals surface area contributed by atoms with Crippen molar-refractivity contribution >= 4 is 44.9 Å². The number of anilines is 1. The van der Waals surface area contributed by atoms with Crippen molar-refractivity contribution in [2.24, 2.45) is 0 Å². The Morgan fingerprint density at radius 3 is 2.43 bits per heavy atom. The monoisotopic (exact) mass is 392 g/mol. The highest BCUT2D eigenvalue weighted by Crippen LogP contribution is 2.19. The van der Waals surface area contributed by atoms with E-state index in [1.54, 1.807) is 18.2 Å². The lowest BCUT2D eigenvalue weighted by molar-refractivity contribution is 0.0972. The van der Waals surface area contributed by atoms with E-state index < -0.39 is 0 Å². The van der Waals surface area contributed by atoms with Crippen molar-refractivity contribution in [3.8, 4) is 5.75 Å². The van der Waals surface area contributed by atoms with E-state index in [1.807, 2.05) is 44.2 Å². The minimum atomic E-state index is -0.309. The third-order valence-corrected chi connectivity index (χ3v) is 3.56. The zero-order valence-electron chi connectivity index (χ0n) is 12.8. The molecule has 0 aliphatic carbocycles. The molecule has 2 aromatic rings. The standard InChI is InChI=1S/C17H17BrN2O2S/c1-11(2)22-15-6-4-3-5-14(15)16(21)20-17(23)19-13-9-7-12(18)8-10-13/h3-11H,1-2H3,(H2,19,20,21,23). The molecule has 2 N–H and O–H groups in total. The van der Waals surface area contributed by atoms with E-state index in [-0.39, 0.29) is 17.1 Å². The molecule has 2 aromatic carbocycles. The number of hydrogen-bond donors (Lipinski definition) is 2. The van der Waals surface area contributed by atoms with Gasteiger partial charge in [0.2, 0.25) is 0 Å². The Labute approximate surface area is 149 Å². The van der Waals surface area contributed by atoms with E-state index in [2.05, 4.69) is 26.6 Å². The first-order valence-electron chi connectivity index (χ1n) is 7.09. The fraction of sp³-hybridized carbons (Fsp3) is 0.176. The Morgan fingerprint density at radius 1 is 1.13 bits per heavy atom. The van der Waals surface area contributed by atoms with Crippen molar-refractivity contribution in [2.75, 3.05) is 5.32 Å². The fourth-order valence-electron chi connectivity index (χ4n) is 1.88. The van der Waals surface area contributed by atoms with Gasteiger partial charge in [-0.25, -0.2) is 0 Å². The molecule has 0 saturated carbocycles. The van der Waals surface area contributed by atoms with Crippen LogP contribution in [0.3, 0.4) is 0 Å². The third kappa shape index (κ3) is 5.33. The Bertz CT molecular complexity index is 702. The van der Waals surface area contributed by atoms with Crippen LogP contribution in [0, 0.1) is 0 Å². The lowest BCUT2D eigenvalue weighted by atomic mass is 10.2. The molecule has 0 fully saturated rings. The molecule has 0 aromatic heterocycles. The van der Waals surface area contributed by atoms with Crippen molar-refractivity contribution < 1.29 is 9.53 Å². The molecule has 23 heavy (non-hydrogen) atoms. The van der Waals surface area contributed by atoms with Crippen molar-refractivity contribution in [1.29, 1.82) is 0 Å². The van der Waals surface area contributed by atoms with Crippen LogP contribution in [0.1, 0.15) is 24.2 Å². The van der Waals surface area contributed by atoms with Gasteiger partial charge in [0, 0.05) is 10.2 Å². The molecular formula is C17H17BrN2O2S. The molecule has 4 nitrogen and oxygen atoms in total. The predicted octanol–water partition coefficient (Wildman–Crippen LogP) is 4.36. The van der Waals surface area contributed by atoms with Crippen LogP contribution in [-0.4, -0.2) is 17.1 Å². The van der Waals surface area contributed by atoms with Gasteiger partial charge >= 0.3 is 0 Å². The minimum absolute atomic E-state index is 0.0169. The molecule has 0 radical (unpaired) electrons. The molecule has 0 heterocycles. The number of nitrogens with one attached hydrogen (secondary N) is 2. The quantitative estimate of drug-likeness (QED) is 0.758. The van der Waals surface area contributed by atoms with Gasteiger partial charge in [0.15, 0.2) is 5.11 Å². The topological polar surface area (TPSA) is 50.4 Å². The van der Waals surface area contributed by atoms with Gasteiger partial charge in [-0.2, -0.15) is 0 Å². The number of halogens is 1. The zero-order valence-corrected chi connectivity index (χ0v) is 15.2. The number of hydrogen-bond acceptors (Lipinski definition) is 3. The van der Waals surface area contributed by atoms with Gasteiger partial charge in [-0.05, 0) is 62.5 Å². The molecule has 1 amide bonds. The van der Waals surface area contributed by atoms with Crippen LogP contribution in [0.25, 0.3) is 0 Å². The van der Waals surface area contributed by atoms with E-state index >= 15 is 0 Å². The minimum Gasteiger partial charge on any atom is -0.490 e. The van der Waals surface area contributed by atoms with Crippen LogP contribution < -0.4 is 15.4 Å². The van der Waals surface area contributed by atoms with E-state index in [9.17, 15) is 4.79 Å². The highest BCUT2D eigenvalue weighted by molar-refractivity contribution is 9.10. The third-order valence-electron chi connectivity index (χ3n) is 2.82. The van der Waals surface area contributed by atoms with Crippen LogP contribution in [0.2, 0.25) is 0 Å². The molecule has 6 heteroatoms. The first kappa shape index (κ1) is 17.4. The summed E-state index contributed by atoms with van der Waals surface area (Å²) >= 11 is 8.55. The summed E-state index contributed by atoms with van der Waals surface area (Å²) in [5, 5.41) is 5.86. The first-order chi connectivity index (χ1) is 11.0. The Hall–Kier alpha value is -1.92. The second-order valence-corrected chi connectivity index (χ2v) is 6.40. The molecule has 0 atom stereocenters. The molecule has 0 unspecified atom stereocenters. The largest absolute Gasteiger partial charge is 0.490 e. The Kier molecular flexibility index (Phi) is 6.12. The number of para-hydroxylation sites is 1. The molecule has 2 rings (SSSR count). The molecule has 0 aliphatic heterocycles. The number of thiocarbonyl (C=S) groups is 1. The van der Waals surface area contributed by atoms with Gasteiger partial charge in [-0.3, -0.25) is 10.1 Å². The number of carbonyl (C=O) groups excluding carboxylic acids is 1. The van der Waals surface area contributed by atoms with Crippen LogP contribution in [0.15, 0.2) is 53.0 Å². The smallest absolute Gasteiger partial charge is 0.261 e. The average molecular weight is 393 g/mol. The Balaban J connectivity index is 2.04. The number of amides is 1. The molecule has 120 valence electrons. The Morgan fingerprint density at radius 2 is 1.78 bits per heavy atom. The summed E-state index contributed by atoms with van der Waals surface area (Å²) in [6.07, 6.45) is -0.0169. The molecule has 0 spiro atoms. The summed E-state index contributed by atoms with van der Waals surface area (Å²) in [7, 11) is 0. The maximum atomic E-state index is 12.4. The second kappa shape index (κ2) is 8.08. The number of rotatable bonds is 4. The lowest BCUT2D eigenvalue weighted by Crippen LogP contribution is -2.34. The lowest BCUT2D eigenvalue weighted by Gasteiger charge is -2.14. The molecule has 0 saturated heterocycles. The van der Waals surface area contributed by atoms with Crippen molar-refractivity contribution in [3.63, 3.8) is 0 Å². The summed E-state index contributed by atoms with van der Waals surface area (Å²) in [5.41, 5.74) is 1.24. The van der Waals surface area contributed by atoms with Crippen LogP contribution in [-0.2, 0) is 0 Å². The van der Waals surface area contributed by atoms with Gasteiger partial charge in [-0.1, -0.05) is 28.1 Å². The second-order valence-electron chi connectivity index (χ2n) is 5.08. The van der Waals surface area contributed by atoms with Crippen molar-refractivity contribution in [1.82, 2.24) is 5.32 Å². The summed E-state index contributed by atoms with van der Waals surface area (Å²) in [6.45, 7) is 3.82. The number of benzene rings is 2. The average Bonchev–Trinajstić information content (AvgIpc) is 2.49. The van der Waals surface area contributed by atoms with Gasteiger partial charge < -0.3 is 10.1 Å². The molecule has 0 aliphatic rings. The number of carbonyl (C=O) groups is 1. The molecular weight excluding hydrogens is 376 g/mol. The first-order valence-corrected chi connectivity index (χ1v) is 8.29. The molecule has 0 bridgehead atoms. The van der Waals surface area contributed by atoms with Gasteiger partial charge in [0.1, 0.15) is 5.75 Å². The van der Waals surface area contributed by atoms with Crippen molar-refractivity contribution in [2.45, 2.75) is 20.0 Å². The van der Waals surface area contributed by atoms with E-state index in [0.29, 0.717) is 11.3 Å². The maximum absolute atomic E-state index is 12.4. The highest BCUT2D eigenvalue weighted by Gasteiger charge is 2.14. The van der Waals surface area contributed by atoms with E-state index in [1.165, 1.54) is 0 Å². The van der Waals surface area contributed by atoms with Crippen LogP contribution in [0.4, 0.5) is 5.69 Å². The fourth-order valence-corrected chi connectivity index (χ4v) is 2.35. The SMILES string of the molecule is CC(C)Oc1ccccc1C(=O)NC(=S)Nc1ccc(Br)cc1. The number of ether oxygens (including phenoxy) is 1. The van der Waals surface area contributed by atoms with Gasteiger partial charge in [-0.15, -0.1) is 0 Å². The summed E-state index contributed by atoms with van der Waals surface area (Å²) in [4.78, 5) is 12.4. The summed E-state index contributed by atoms with van der Waals surface area (Å²) in [5.74, 6) is 0.224. The summed E-state index contributed by atoms with van der Waals surface area (Å²) < 4.78 is 6.62. The van der Waals surface area contributed by atoms with Gasteiger partial charge in [0.05, 0.1) is 11.7 Å². The normalized spacial score (nSPS) is 10.3. The van der Waals surface area contributed by atoms with E-state index in [0.717, 1.165) is 10.2 Å². The summed E-state index contributed by atoms with van der Waals surface area (Å²) in [6, 6.07) is 14.6. The maximum Gasteiger partial charge on any atom is 0.261 e. The van der Waals surface area contributed by atoms with E-state index in [4.69, 9.17) is 17.0 Å². The van der Waals surface area contributed by atoms with Crippen molar-refractivity contribution in [3.05, 3.63) is 58.6 Å². The van der Waals surface area contributed by atoms with Crippen LogP contribution >= 0.6 is 28.1 Å². The highest BCUT2D eigenvalue weighted by atomic mass is 79.9. The van der Waals surface area contributed by atoms with Gasteiger partial charge in [0.25, 0.3) is 5.91 Å². The van der Waals surface area contributed by atoms with Crippen LogP contribution in [0.5, 0.6) is 5.75 Å². The zero-order chi connectivity index (χ0) is 16.8. The predicted molar refractivity (Wildman–Crippen MR) is 100 cm³/mol.